The first-order valence-corrected chi connectivity index (χ1v) is 11.8. The maximum absolute atomic E-state index is 13.5. The minimum Gasteiger partial charge on any atom is -0.494 e. The first-order chi connectivity index (χ1) is 15.6. The third kappa shape index (κ3) is 5.21. The van der Waals surface area contributed by atoms with E-state index >= 15 is 0 Å². The Balaban J connectivity index is 1.99. The van der Waals surface area contributed by atoms with Crippen molar-refractivity contribution in [3.05, 3.63) is 65.9 Å². The number of ether oxygens (including phenoxy) is 1. The molecule has 0 unspecified atom stereocenters. The molecular weight excluding hydrogens is 400 g/mol. The van der Waals surface area contributed by atoms with Crippen LogP contribution in [0.3, 0.4) is 0 Å². The quantitative estimate of drug-likeness (QED) is 0.319. The number of carbonyl (C=O) groups is 2. The summed E-state index contributed by atoms with van der Waals surface area (Å²) in [4.78, 5) is 30.4. The Morgan fingerprint density at radius 2 is 1.53 bits per heavy atom. The molecule has 0 fully saturated rings. The number of benzene rings is 2. The van der Waals surface area contributed by atoms with Gasteiger partial charge in [0, 0.05) is 18.8 Å². The monoisotopic (exact) mass is 434 g/mol. The normalized spacial score (nSPS) is 13.8. The maximum atomic E-state index is 13.5. The van der Waals surface area contributed by atoms with Crippen LogP contribution in [0.25, 0.3) is 5.57 Å². The summed E-state index contributed by atoms with van der Waals surface area (Å²) in [5, 5.41) is 0. The van der Waals surface area contributed by atoms with Gasteiger partial charge in [-0.25, -0.2) is 0 Å². The number of para-hydroxylation sites is 1. The first kappa shape index (κ1) is 23.6. The zero-order chi connectivity index (χ0) is 22.9. The Hall–Kier alpha value is -3.08. The molecule has 0 aromatic heterocycles. The fourth-order valence-electron chi connectivity index (χ4n) is 3.99. The minimum atomic E-state index is -0.210. The molecule has 3 rings (SSSR count). The first-order valence-electron chi connectivity index (χ1n) is 11.8. The van der Waals surface area contributed by atoms with Gasteiger partial charge in [0.15, 0.2) is 0 Å². The van der Waals surface area contributed by atoms with Gasteiger partial charge < -0.3 is 9.64 Å². The molecule has 1 aliphatic heterocycles. The van der Waals surface area contributed by atoms with Crippen LogP contribution in [0.2, 0.25) is 0 Å². The van der Waals surface area contributed by atoms with Crippen LogP contribution in [0.4, 0.5) is 5.69 Å². The number of amides is 2. The van der Waals surface area contributed by atoms with E-state index < -0.39 is 0 Å². The van der Waals surface area contributed by atoms with Crippen LogP contribution < -0.4 is 9.64 Å². The Kier molecular flexibility index (Phi) is 8.48. The third-order valence-electron chi connectivity index (χ3n) is 5.65. The largest absolute Gasteiger partial charge is 0.494 e. The Bertz CT molecular complexity index is 935. The van der Waals surface area contributed by atoms with E-state index in [1.54, 1.807) is 0 Å². The molecule has 2 aromatic carbocycles. The maximum Gasteiger partial charge on any atom is 0.278 e. The van der Waals surface area contributed by atoms with Crippen molar-refractivity contribution in [3.63, 3.8) is 0 Å². The minimum absolute atomic E-state index is 0.210. The molecule has 0 radical (unpaired) electrons. The van der Waals surface area contributed by atoms with Crippen molar-refractivity contribution in [1.82, 2.24) is 4.90 Å². The molecule has 1 heterocycles. The summed E-state index contributed by atoms with van der Waals surface area (Å²) >= 11 is 0. The van der Waals surface area contributed by atoms with Gasteiger partial charge in [0.05, 0.1) is 12.2 Å². The van der Waals surface area contributed by atoms with Crippen LogP contribution in [0.5, 0.6) is 5.75 Å². The fourth-order valence-corrected chi connectivity index (χ4v) is 3.99. The van der Waals surface area contributed by atoms with Gasteiger partial charge in [0.2, 0.25) is 0 Å². The fraction of sp³-hybridized carbons (Fsp3) is 0.407. The van der Waals surface area contributed by atoms with E-state index in [9.17, 15) is 9.59 Å². The number of hydrogen-bond acceptors (Lipinski definition) is 4. The van der Waals surface area contributed by atoms with Crippen molar-refractivity contribution >= 4 is 23.1 Å². The van der Waals surface area contributed by atoms with Crippen molar-refractivity contribution in [1.29, 1.82) is 0 Å². The number of nitrogens with zero attached hydrogens (tertiary/aromatic N) is 2. The van der Waals surface area contributed by atoms with Crippen molar-refractivity contribution in [2.24, 2.45) is 0 Å². The highest BCUT2D eigenvalue weighted by Gasteiger charge is 2.41. The number of carbonyl (C=O) groups excluding carboxylic acids is 2. The molecule has 0 atom stereocenters. The number of likely N-dealkylation sites (N-methyl/N-ethyl adjacent to an activating group) is 1. The molecule has 170 valence electrons. The van der Waals surface area contributed by atoms with Crippen molar-refractivity contribution in [2.45, 2.75) is 52.9 Å². The van der Waals surface area contributed by atoms with Crippen molar-refractivity contribution in [2.75, 3.05) is 24.6 Å². The summed E-state index contributed by atoms with van der Waals surface area (Å²) < 4.78 is 5.69. The van der Waals surface area contributed by atoms with E-state index in [1.165, 1.54) is 4.90 Å². The van der Waals surface area contributed by atoms with Gasteiger partial charge in [-0.1, -0.05) is 63.4 Å². The number of anilines is 1. The van der Waals surface area contributed by atoms with Gasteiger partial charge in [-0.3, -0.25) is 14.5 Å². The highest BCUT2D eigenvalue weighted by atomic mass is 16.5. The van der Waals surface area contributed by atoms with Gasteiger partial charge in [0.1, 0.15) is 11.4 Å². The van der Waals surface area contributed by atoms with Gasteiger partial charge in [-0.15, -0.1) is 0 Å². The summed E-state index contributed by atoms with van der Waals surface area (Å²) in [6, 6.07) is 17.3. The summed E-state index contributed by atoms with van der Waals surface area (Å²) in [6.07, 6.45) is 4.99. The molecule has 1 aliphatic rings. The molecule has 0 bridgehead atoms. The van der Waals surface area contributed by atoms with Crippen LogP contribution >= 0.6 is 0 Å². The molecule has 32 heavy (non-hydrogen) atoms. The lowest BCUT2D eigenvalue weighted by atomic mass is 10.0. The van der Waals surface area contributed by atoms with Crippen LogP contribution in [0.15, 0.2) is 60.3 Å². The predicted molar refractivity (Wildman–Crippen MR) is 129 cm³/mol. The molecular formula is C27H34N2O3. The van der Waals surface area contributed by atoms with Gasteiger partial charge in [-0.05, 0) is 49.6 Å². The zero-order valence-electron chi connectivity index (χ0n) is 19.5. The Morgan fingerprint density at radius 1 is 0.812 bits per heavy atom. The molecule has 5 nitrogen and oxygen atoms in total. The van der Waals surface area contributed by atoms with E-state index in [-0.39, 0.29) is 11.8 Å². The van der Waals surface area contributed by atoms with Gasteiger partial charge >= 0.3 is 0 Å². The predicted octanol–water partition coefficient (Wildman–Crippen LogP) is 5.66. The number of unbranched alkanes of at least 4 members (excludes halogenated alkanes) is 3. The average Bonchev–Trinajstić information content (AvgIpc) is 3.07. The Morgan fingerprint density at radius 3 is 2.16 bits per heavy atom. The number of rotatable bonds is 12. The van der Waals surface area contributed by atoms with E-state index in [0.29, 0.717) is 31.0 Å². The lowest BCUT2D eigenvalue weighted by Gasteiger charge is -2.25. The lowest BCUT2D eigenvalue weighted by Crippen LogP contribution is -2.36. The molecule has 2 aromatic rings. The van der Waals surface area contributed by atoms with E-state index in [4.69, 9.17) is 4.74 Å². The molecule has 0 saturated heterocycles. The summed E-state index contributed by atoms with van der Waals surface area (Å²) in [6.45, 7) is 7.90. The molecule has 0 aliphatic carbocycles. The Labute approximate surface area is 191 Å². The molecule has 0 saturated carbocycles. The van der Waals surface area contributed by atoms with Crippen LogP contribution in [0, 0.1) is 0 Å². The van der Waals surface area contributed by atoms with Crippen LogP contribution in [0.1, 0.15) is 58.4 Å². The summed E-state index contributed by atoms with van der Waals surface area (Å²) in [5.41, 5.74) is 2.58. The third-order valence-corrected chi connectivity index (χ3v) is 5.65. The second kappa shape index (κ2) is 11.5. The van der Waals surface area contributed by atoms with Crippen LogP contribution in [-0.2, 0) is 9.59 Å². The molecule has 0 spiro atoms. The van der Waals surface area contributed by atoms with E-state index in [2.05, 4.69) is 13.8 Å². The standard InChI is InChI=1S/C27H34N2O3/c1-4-7-8-12-19-29-26(30)24(21-15-17-23(18-16-21)32-20-5-2)25(27(29)31)28(6-3)22-13-10-9-11-14-22/h9-11,13-18H,4-8,12,19-20H2,1-3H3. The smallest absolute Gasteiger partial charge is 0.278 e. The topological polar surface area (TPSA) is 49.9 Å². The van der Waals surface area contributed by atoms with Crippen LogP contribution in [-0.4, -0.2) is 36.4 Å². The van der Waals surface area contributed by atoms with E-state index in [0.717, 1.165) is 49.1 Å². The zero-order valence-corrected chi connectivity index (χ0v) is 19.5. The van der Waals surface area contributed by atoms with Gasteiger partial charge in [0.25, 0.3) is 11.8 Å². The number of hydrogen-bond donors (Lipinski definition) is 0. The molecule has 2 amide bonds. The number of imide groups is 1. The summed E-state index contributed by atoms with van der Waals surface area (Å²) in [7, 11) is 0. The summed E-state index contributed by atoms with van der Waals surface area (Å²) in [5.74, 6) is 0.345. The highest BCUT2D eigenvalue weighted by molar-refractivity contribution is 6.36. The second-order valence-corrected chi connectivity index (χ2v) is 8.00. The molecule has 0 N–H and O–H groups in total. The molecule has 5 heteroatoms. The second-order valence-electron chi connectivity index (χ2n) is 8.00. The van der Waals surface area contributed by atoms with Crippen molar-refractivity contribution in [3.8, 4) is 5.75 Å². The average molecular weight is 435 g/mol. The lowest BCUT2D eigenvalue weighted by molar-refractivity contribution is -0.137. The SMILES string of the molecule is CCCCCCN1C(=O)C(c2ccc(OCCC)cc2)=C(N(CC)c2ccccc2)C1=O. The van der Waals surface area contributed by atoms with Gasteiger partial charge in [-0.2, -0.15) is 0 Å². The van der Waals surface area contributed by atoms with E-state index in [1.807, 2.05) is 66.4 Å². The highest BCUT2D eigenvalue weighted by Crippen LogP contribution is 2.35. The van der Waals surface area contributed by atoms with Crippen molar-refractivity contribution < 1.29 is 14.3 Å².